The monoisotopic (exact) mass is 804 g/mol. The van der Waals surface area contributed by atoms with Gasteiger partial charge in [0.25, 0.3) is 5.91 Å². The van der Waals surface area contributed by atoms with Gasteiger partial charge in [-0.15, -0.1) is 0 Å². The first-order valence-electron chi connectivity index (χ1n) is 20.6. The van der Waals surface area contributed by atoms with E-state index in [1.165, 1.54) is 4.90 Å². The summed E-state index contributed by atoms with van der Waals surface area (Å²) in [5.74, 6) is -0.499. The topological polar surface area (TPSA) is 185 Å². The Labute approximate surface area is 334 Å². The number of carbonyl (C=O) groups is 4. The Morgan fingerprint density at radius 3 is 2.53 bits per heavy atom. The number of aromatic nitrogens is 1. The lowest BCUT2D eigenvalue weighted by Gasteiger charge is -2.37. The fourth-order valence-corrected chi connectivity index (χ4v) is 10.1. The Balaban J connectivity index is 1.15. The fourth-order valence-electron chi connectivity index (χ4n) is 8.83. The molecule has 3 aliphatic heterocycles. The van der Waals surface area contributed by atoms with Crippen molar-refractivity contribution in [2.24, 2.45) is 5.92 Å². The third kappa shape index (κ3) is 7.68. The lowest BCUT2D eigenvalue weighted by Crippen LogP contribution is -2.59. The molecule has 2 aromatic rings. The number of nitrogens with zero attached hydrogens (tertiary/aromatic N) is 2. The Morgan fingerprint density at radius 1 is 1.05 bits per heavy atom. The third-order valence-corrected chi connectivity index (χ3v) is 15.0. The zero-order valence-electron chi connectivity index (χ0n) is 33.7. The van der Waals surface area contributed by atoms with Gasteiger partial charge >= 0.3 is 6.03 Å². The van der Waals surface area contributed by atoms with Crippen LogP contribution in [0.4, 0.5) is 4.79 Å². The molecule has 4 N–H and O–H groups in total. The SMILES string of the molecule is COc1ccc2nc(C3CC3)c3c(c2c1)CCC1(CC2C(=O)NC4(C(=O)NS(=O)(=O)C5(C)CC5)CC4C=CCCCCCC(NC(=O)NC(C)(C)C)C(=O)N2C1)O3. The first-order chi connectivity index (χ1) is 27.0. The number of aryl methyl sites for hydroxylation is 1. The molecule has 4 fully saturated rings. The van der Waals surface area contributed by atoms with Gasteiger partial charge < -0.3 is 30.3 Å². The second-order valence-electron chi connectivity index (χ2n) is 18.6. The van der Waals surface area contributed by atoms with E-state index in [0.717, 1.165) is 47.8 Å². The van der Waals surface area contributed by atoms with Gasteiger partial charge in [0.05, 0.1) is 29.6 Å². The van der Waals surface area contributed by atoms with Crippen LogP contribution in [0, 0.1) is 5.92 Å². The quantitative estimate of drug-likeness (QED) is 0.302. The summed E-state index contributed by atoms with van der Waals surface area (Å²) in [6.07, 6.45) is 11.6. The maximum atomic E-state index is 14.9. The molecule has 6 aliphatic rings. The minimum atomic E-state index is -3.98. The summed E-state index contributed by atoms with van der Waals surface area (Å²) in [4.78, 5) is 63.6. The van der Waals surface area contributed by atoms with Gasteiger partial charge in [-0.25, -0.2) is 18.2 Å². The van der Waals surface area contributed by atoms with Crippen molar-refractivity contribution >= 4 is 44.7 Å². The van der Waals surface area contributed by atoms with Crippen molar-refractivity contribution in [1.29, 1.82) is 0 Å². The maximum Gasteiger partial charge on any atom is 0.315 e. The molecule has 1 spiro atoms. The summed E-state index contributed by atoms with van der Waals surface area (Å²) < 4.78 is 40.5. The molecular formula is C42H56N6O8S. The average Bonchev–Trinajstić information content (AvgIpc) is 4.08. The van der Waals surface area contributed by atoms with Crippen molar-refractivity contribution in [2.45, 2.75) is 151 Å². The number of ether oxygens (including phenoxy) is 2. The Kier molecular flexibility index (Phi) is 9.79. The zero-order valence-corrected chi connectivity index (χ0v) is 34.5. The molecule has 8 rings (SSSR count). The zero-order chi connectivity index (χ0) is 40.5. The number of rotatable bonds is 6. The molecule has 3 saturated carbocycles. The number of sulfonamides is 1. The summed E-state index contributed by atoms with van der Waals surface area (Å²) in [5.41, 5.74) is -0.241. The van der Waals surface area contributed by atoms with Crippen molar-refractivity contribution < 1.29 is 37.1 Å². The van der Waals surface area contributed by atoms with Crippen LogP contribution in [0.5, 0.6) is 11.5 Å². The number of carbonyl (C=O) groups excluding carboxylic acids is 4. The van der Waals surface area contributed by atoms with E-state index in [0.29, 0.717) is 56.4 Å². The van der Waals surface area contributed by atoms with E-state index >= 15 is 0 Å². The highest BCUT2D eigenvalue weighted by molar-refractivity contribution is 7.91. The Hall–Kier alpha value is -4.40. The number of benzene rings is 1. The summed E-state index contributed by atoms with van der Waals surface area (Å²) >= 11 is 0. The molecular weight excluding hydrogens is 749 g/mol. The predicted octanol–water partition coefficient (Wildman–Crippen LogP) is 4.65. The van der Waals surface area contributed by atoms with Gasteiger partial charge in [0.2, 0.25) is 21.8 Å². The van der Waals surface area contributed by atoms with Gasteiger partial charge in [0.15, 0.2) is 0 Å². The van der Waals surface area contributed by atoms with Crippen molar-refractivity contribution in [3.8, 4) is 11.5 Å². The minimum absolute atomic E-state index is 0.0813. The van der Waals surface area contributed by atoms with Gasteiger partial charge in [-0.1, -0.05) is 25.0 Å². The molecule has 57 heavy (non-hydrogen) atoms. The van der Waals surface area contributed by atoms with E-state index in [2.05, 4.69) is 20.7 Å². The molecule has 5 amide bonds. The molecule has 15 heteroatoms. The molecule has 5 atom stereocenters. The van der Waals surface area contributed by atoms with Crippen LogP contribution in [0.2, 0.25) is 0 Å². The molecule has 1 aromatic heterocycles. The van der Waals surface area contributed by atoms with E-state index in [1.54, 1.807) is 14.0 Å². The number of nitrogens with one attached hydrogen (secondary N) is 4. The van der Waals surface area contributed by atoms with Crippen LogP contribution in [-0.2, 0) is 30.8 Å². The van der Waals surface area contributed by atoms with Gasteiger partial charge in [-0.2, -0.15) is 0 Å². The molecule has 14 nitrogen and oxygen atoms in total. The second-order valence-corrected chi connectivity index (χ2v) is 20.8. The highest BCUT2D eigenvalue weighted by atomic mass is 32.2. The highest BCUT2D eigenvalue weighted by Gasteiger charge is 2.64. The van der Waals surface area contributed by atoms with Crippen molar-refractivity contribution in [3.05, 3.63) is 41.6 Å². The predicted molar refractivity (Wildman–Crippen MR) is 213 cm³/mol. The molecule has 5 unspecified atom stereocenters. The standard InChI is InChI=1S/C42H56N6O8S/c1-39(2,3)46-38(52)44-31-12-10-8-6-7-9-11-26-22-42(26,37(51)47-57(53,54)40(4)19-20-40)45-35(49)32-23-41(24-48(32)36(31)50)18-17-28-29-21-27(55-5)15-16-30(29)43-33(25-13-14-25)34(28)56-41/h9,11,15-16,21,25-26,31-32H,6-8,10,12-14,17-20,22-24H2,1-5H3,(H,45,49)(H,47,51)(H2,44,46,52). The Bertz CT molecular complexity index is 2140. The molecule has 1 saturated heterocycles. The van der Waals surface area contributed by atoms with Crippen molar-refractivity contribution in [2.75, 3.05) is 13.7 Å². The maximum absolute atomic E-state index is 14.9. The van der Waals surface area contributed by atoms with Crippen LogP contribution >= 0.6 is 0 Å². The van der Waals surface area contributed by atoms with E-state index in [4.69, 9.17) is 14.5 Å². The number of methoxy groups -OCH3 is 1. The van der Waals surface area contributed by atoms with E-state index in [9.17, 15) is 27.6 Å². The van der Waals surface area contributed by atoms with E-state index in [-0.39, 0.29) is 25.3 Å². The number of pyridine rings is 1. The van der Waals surface area contributed by atoms with Crippen LogP contribution in [-0.4, -0.2) is 89.2 Å². The van der Waals surface area contributed by atoms with Gasteiger partial charge in [-0.05, 0) is 110 Å². The molecule has 1 aromatic carbocycles. The summed E-state index contributed by atoms with van der Waals surface area (Å²) in [6, 6.07) is 3.36. The molecule has 0 radical (unpaired) electrons. The first kappa shape index (κ1) is 39.4. The number of allylic oxidation sites excluding steroid dienone is 1. The number of hydrogen-bond acceptors (Lipinski definition) is 9. The van der Waals surface area contributed by atoms with Gasteiger partial charge in [0, 0.05) is 34.7 Å². The fraction of sp³-hybridized carbons (Fsp3) is 0.643. The summed E-state index contributed by atoms with van der Waals surface area (Å²) in [7, 11) is -2.36. The van der Waals surface area contributed by atoms with Crippen LogP contribution in [0.1, 0.15) is 122 Å². The van der Waals surface area contributed by atoms with Crippen LogP contribution < -0.4 is 30.1 Å². The number of amides is 5. The van der Waals surface area contributed by atoms with Crippen LogP contribution in [0.15, 0.2) is 30.4 Å². The largest absolute Gasteiger partial charge is 0.497 e. The molecule has 308 valence electrons. The van der Waals surface area contributed by atoms with Crippen LogP contribution in [0.25, 0.3) is 10.9 Å². The molecule has 4 heterocycles. The summed E-state index contributed by atoms with van der Waals surface area (Å²) in [6.45, 7) is 7.27. The third-order valence-electron chi connectivity index (χ3n) is 12.8. The lowest BCUT2D eigenvalue weighted by molar-refractivity contribution is -0.141. The second kappa shape index (κ2) is 14.2. The number of urea groups is 1. The minimum Gasteiger partial charge on any atom is -0.497 e. The summed E-state index contributed by atoms with van der Waals surface area (Å²) in [5, 5.41) is 9.75. The van der Waals surface area contributed by atoms with Crippen LogP contribution in [0.3, 0.4) is 0 Å². The van der Waals surface area contributed by atoms with Gasteiger partial charge in [-0.3, -0.25) is 19.1 Å². The van der Waals surface area contributed by atoms with Crippen molar-refractivity contribution in [1.82, 2.24) is 30.6 Å². The number of hydrogen-bond donors (Lipinski definition) is 4. The van der Waals surface area contributed by atoms with Crippen molar-refractivity contribution in [3.63, 3.8) is 0 Å². The average molecular weight is 805 g/mol. The van der Waals surface area contributed by atoms with Gasteiger partial charge in [0.1, 0.15) is 34.7 Å². The Morgan fingerprint density at radius 2 is 1.82 bits per heavy atom. The van der Waals surface area contributed by atoms with E-state index < -0.39 is 73.2 Å². The number of fused-ring (bicyclic) bond motifs is 5. The lowest BCUT2D eigenvalue weighted by atomic mass is 9.86. The molecule has 0 bridgehead atoms. The normalized spacial score (nSPS) is 29.8. The first-order valence-corrected chi connectivity index (χ1v) is 22.1. The van der Waals surface area contributed by atoms with E-state index in [1.807, 2.05) is 51.1 Å². The molecule has 3 aliphatic carbocycles. The smallest absolute Gasteiger partial charge is 0.315 e. The highest BCUT2D eigenvalue weighted by Crippen LogP contribution is 2.52.